The largest absolute Gasteiger partial charge is 0.507 e. The highest BCUT2D eigenvalue weighted by molar-refractivity contribution is 7.80. The Balaban J connectivity index is 1.47. The van der Waals surface area contributed by atoms with Gasteiger partial charge in [-0.25, -0.2) is 4.98 Å². The van der Waals surface area contributed by atoms with Gasteiger partial charge in [-0.3, -0.25) is 10.1 Å². The topological polar surface area (TPSA) is 96.6 Å². The van der Waals surface area contributed by atoms with Crippen molar-refractivity contribution in [3.63, 3.8) is 0 Å². The van der Waals surface area contributed by atoms with Crippen molar-refractivity contribution in [3.05, 3.63) is 71.3 Å². The first-order valence-corrected chi connectivity index (χ1v) is 11.3. The second kappa shape index (κ2) is 9.93. The van der Waals surface area contributed by atoms with Gasteiger partial charge in [0, 0.05) is 5.69 Å². The minimum absolute atomic E-state index is 0.0643. The molecular weight excluding hydrogens is 450 g/mol. The van der Waals surface area contributed by atoms with Gasteiger partial charge < -0.3 is 19.6 Å². The van der Waals surface area contributed by atoms with Gasteiger partial charge in [0.05, 0.1) is 5.56 Å². The Bertz CT molecular complexity index is 1380. The van der Waals surface area contributed by atoms with E-state index in [-0.39, 0.29) is 23.4 Å². The van der Waals surface area contributed by atoms with Crippen molar-refractivity contribution < 1.29 is 19.1 Å². The van der Waals surface area contributed by atoms with E-state index < -0.39 is 0 Å². The molecule has 4 rings (SSSR count). The van der Waals surface area contributed by atoms with Crippen molar-refractivity contribution in [2.24, 2.45) is 0 Å². The first-order chi connectivity index (χ1) is 16.3. The lowest BCUT2D eigenvalue weighted by molar-refractivity contribution is -0.121. The van der Waals surface area contributed by atoms with Gasteiger partial charge >= 0.3 is 0 Å². The molecule has 0 bridgehead atoms. The fourth-order valence-corrected chi connectivity index (χ4v) is 3.74. The molecular formula is C26H25N3O4S. The smallest absolute Gasteiger partial charge is 0.264 e. The third-order valence-corrected chi connectivity index (χ3v) is 5.56. The maximum atomic E-state index is 12.3. The zero-order valence-electron chi connectivity index (χ0n) is 19.1. The number of oxazole rings is 1. The molecule has 0 atom stereocenters. The molecule has 0 radical (unpaired) electrons. The van der Waals surface area contributed by atoms with Gasteiger partial charge in [-0.05, 0) is 79.5 Å². The molecule has 3 N–H and O–H groups in total. The number of carbonyl (C=O) groups is 1. The summed E-state index contributed by atoms with van der Waals surface area (Å²) in [6.45, 7) is 5.57. The Morgan fingerprint density at radius 2 is 1.91 bits per heavy atom. The molecule has 7 nitrogen and oxygen atoms in total. The number of phenols is 1. The van der Waals surface area contributed by atoms with Crippen molar-refractivity contribution in [3.8, 4) is 23.0 Å². The van der Waals surface area contributed by atoms with Crippen molar-refractivity contribution in [2.45, 2.75) is 27.2 Å². The van der Waals surface area contributed by atoms with Crippen LogP contribution in [0.15, 0.2) is 59.0 Å². The molecule has 174 valence electrons. The summed E-state index contributed by atoms with van der Waals surface area (Å²) in [6, 6.07) is 16.7. The lowest BCUT2D eigenvalue weighted by Gasteiger charge is -2.13. The zero-order chi connectivity index (χ0) is 24.2. The van der Waals surface area contributed by atoms with E-state index in [9.17, 15) is 9.90 Å². The predicted molar refractivity (Wildman–Crippen MR) is 136 cm³/mol. The number of anilines is 1. The number of phenolic OH excluding ortho intramolecular Hbond substituents is 1. The van der Waals surface area contributed by atoms with Gasteiger partial charge in [0.2, 0.25) is 5.89 Å². The number of nitrogens with one attached hydrogen (secondary N) is 2. The first kappa shape index (κ1) is 23.3. The van der Waals surface area contributed by atoms with Crippen LogP contribution >= 0.6 is 12.2 Å². The Kier molecular flexibility index (Phi) is 6.79. The Hall–Kier alpha value is -3.91. The number of benzene rings is 3. The molecule has 34 heavy (non-hydrogen) atoms. The van der Waals surface area contributed by atoms with Gasteiger partial charge in [0.25, 0.3) is 5.91 Å². The third kappa shape index (κ3) is 5.18. The van der Waals surface area contributed by atoms with Gasteiger partial charge in [-0.15, -0.1) is 0 Å². The van der Waals surface area contributed by atoms with Crippen LogP contribution in [-0.2, 0) is 11.2 Å². The van der Waals surface area contributed by atoms with E-state index >= 15 is 0 Å². The van der Waals surface area contributed by atoms with Crippen LogP contribution in [0, 0.1) is 13.8 Å². The summed E-state index contributed by atoms with van der Waals surface area (Å²) in [7, 11) is 0. The number of carbonyl (C=O) groups excluding carboxylic acids is 1. The second-order valence-electron chi connectivity index (χ2n) is 7.92. The standard InChI is InChI=1S/C26H25N3O4S/c1-4-17-9-10-22-20(12-17)28-25(33-22)19-13-18(11-16(3)24(19)31)27-26(34)29-23(30)14-32-21-8-6-5-7-15(21)2/h5-13,31H,4,14H2,1-3H3,(H2,27,29,30,34). The van der Waals surface area contributed by atoms with Crippen LogP contribution in [-0.4, -0.2) is 27.7 Å². The van der Waals surface area contributed by atoms with Gasteiger partial charge in [0.15, 0.2) is 17.3 Å². The van der Waals surface area contributed by atoms with Crippen LogP contribution < -0.4 is 15.4 Å². The van der Waals surface area contributed by atoms with E-state index in [1.54, 1.807) is 25.1 Å². The monoisotopic (exact) mass is 475 g/mol. The summed E-state index contributed by atoms with van der Waals surface area (Å²) >= 11 is 5.28. The molecule has 3 aromatic carbocycles. The Morgan fingerprint density at radius 3 is 2.68 bits per heavy atom. The maximum Gasteiger partial charge on any atom is 0.264 e. The zero-order valence-corrected chi connectivity index (χ0v) is 20.0. The number of ether oxygens (including phenoxy) is 1. The highest BCUT2D eigenvalue weighted by atomic mass is 32.1. The fourth-order valence-electron chi connectivity index (χ4n) is 3.51. The number of aromatic hydroxyl groups is 1. The number of hydrogen-bond donors (Lipinski definition) is 3. The average molecular weight is 476 g/mol. The van der Waals surface area contributed by atoms with Crippen LogP contribution in [0.3, 0.4) is 0 Å². The van der Waals surface area contributed by atoms with Gasteiger partial charge in [-0.1, -0.05) is 31.2 Å². The van der Waals surface area contributed by atoms with Crippen LogP contribution in [0.25, 0.3) is 22.6 Å². The molecule has 0 aliphatic carbocycles. The summed E-state index contributed by atoms with van der Waals surface area (Å²) in [5.74, 6) is 0.616. The average Bonchev–Trinajstić information content (AvgIpc) is 3.23. The Morgan fingerprint density at radius 1 is 1.12 bits per heavy atom. The summed E-state index contributed by atoms with van der Waals surface area (Å²) in [5, 5.41) is 16.3. The minimum Gasteiger partial charge on any atom is -0.507 e. The molecule has 0 saturated heterocycles. The number of thiocarbonyl (C=S) groups is 1. The predicted octanol–water partition coefficient (Wildman–Crippen LogP) is 5.27. The van der Waals surface area contributed by atoms with Crippen molar-refractivity contribution in [1.29, 1.82) is 0 Å². The lowest BCUT2D eigenvalue weighted by Crippen LogP contribution is -2.37. The van der Waals surface area contributed by atoms with Crippen LogP contribution in [0.4, 0.5) is 5.69 Å². The molecule has 0 saturated carbocycles. The highest BCUT2D eigenvalue weighted by Crippen LogP contribution is 2.36. The number of fused-ring (bicyclic) bond motifs is 1. The fraction of sp³-hybridized carbons (Fsp3) is 0.192. The molecule has 0 aliphatic heterocycles. The van der Waals surface area contributed by atoms with Gasteiger partial charge in [-0.2, -0.15) is 0 Å². The number of aryl methyl sites for hydroxylation is 3. The number of hydrogen-bond acceptors (Lipinski definition) is 6. The SMILES string of the molecule is CCc1ccc2oc(-c3cc(NC(=S)NC(=O)COc4ccccc4C)cc(C)c3O)nc2c1. The number of aromatic nitrogens is 1. The van der Waals surface area contributed by atoms with E-state index in [4.69, 9.17) is 21.4 Å². The van der Waals surface area contributed by atoms with Crippen molar-refractivity contribution >= 4 is 40.0 Å². The van der Waals surface area contributed by atoms with E-state index in [1.807, 2.05) is 43.3 Å². The number of para-hydroxylation sites is 1. The normalized spacial score (nSPS) is 10.8. The minimum atomic E-state index is -0.387. The molecule has 1 aromatic heterocycles. The Labute approximate surface area is 202 Å². The van der Waals surface area contributed by atoms with E-state index in [0.717, 1.165) is 23.1 Å². The number of nitrogens with zero attached hydrogens (tertiary/aromatic N) is 1. The molecule has 1 heterocycles. The molecule has 0 aliphatic rings. The maximum absolute atomic E-state index is 12.3. The van der Waals surface area contributed by atoms with E-state index in [1.165, 1.54) is 0 Å². The highest BCUT2D eigenvalue weighted by Gasteiger charge is 2.17. The second-order valence-corrected chi connectivity index (χ2v) is 8.33. The molecule has 0 unspecified atom stereocenters. The van der Waals surface area contributed by atoms with Crippen molar-refractivity contribution in [1.82, 2.24) is 10.3 Å². The molecule has 0 fully saturated rings. The molecule has 8 heteroatoms. The summed E-state index contributed by atoms with van der Waals surface area (Å²) in [4.78, 5) is 16.8. The van der Waals surface area contributed by atoms with E-state index in [2.05, 4.69) is 22.5 Å². The lowest BCUT2D eigenvalue weighted by atomic mass is 10.1. The van der Waals surface area contributed by atoms with Crippen molar-refractivity contribution in [2.75, 3.05) is 11.9 Å². The third-order valence-electron chi connectivity index (χ3n) is 5.35. The number of rotatable bonds is 6. The van der Waals surface area contributed by atoms with Crippen LogP contribution in [0.1, 0.15) is 23.6 Å². The summed E-state index contributed by atoms with van der Waals surface area (Å²) in [5.41, 5.74) is 5.05. The van der Waals surface area contributed by atoms with Gasteiger partial charge in [0.1, 0.15) is 17.0 Å². The quantitative estimate of drug-likeness (QED) is 0.258. The van der Waals surface area contributed by atoms with Crippen LogP contribution in [0.5, 0.6) is 11.5 Å². The summed E-state index contributed by atoms with van der Waals surface area (Å²) < 4.78 is 11.4. The molecule has 1 amide bonds. The van der Waals surface area contributed by atoms with E-state index in [0.29, 0.717) is 34.0 Å². The molecule has 0 spiro atoms. The summed E-state index contributed by atoms with van der Waals surface area (Å²) in [6.07, 6.45) is 0.890. The molecule has 4 aromatic rings. The first-order valence-electron chi connectivity index (χ1n) is 10.9. The number of amides is 1. The van der Waals surface area contributed by atoms with Crippen LogP contribution in [0.2, 0.25) is 0 Å².